The lowest BCUT2D eigenvalue weighted by atomic mass is 10.1. The monoisotopic (exact) mass is 1280 g/mol. The fraction of sp³-hybridized carbons (Fsp3) is 0.492. The van der Waals surface area contributed by atoms with E-state index in [0.717, 1.165) is 25.7 Å². The van der Waals surface area contributed by atoms with Crippen molar-refractivity contribution in [3.63, 3.8) is 0 Å². The molecule has 0 bridgehead atoms. The second-order valence-electron chi connectivity index (χ2n) is 22.1. The second kappa shape index (κ2) is 43.9. The molecule has 0 aliphatic rings. The van der Waals surface area contributed by atoms with E-state index in [9.17, 15) is 71.9 Å². The van der Waals surface area contributed by atoms with Crippen LogP contribution < -0.4 is 64.5 Å². The zero-order valence-corrected chi connectivity index (χ0v) is 55.0. The third kappa shape index (κ3) is 34.3. The Morgan fingerprint density at radius 2 is 0.739 bits per heavy atom. The Morgan fingerprint density at radius 1 is 0.424 bits per heavy atom. The van der Waals surface area contributed by atoms with Gasteiger partial charge in [0.25, 0.3) is 16.7 Å². The number of carbonyl (C=O) groups is 12. The smallest absolute Gasteiger partial charge is 0.274 e. The summed E-state index contributed by atoms with van der Waals surface area (Å²) < 4.78 is 3.63. The van der Waals surface area contributed by atoms with E-state index in [1.54, 1.807) is 36.4 Å². The van der Waals surface area contributed by atoms with Crippen molar-refractivity contribution in [2.75, 3.05) is 22.5 Å². The first-order valence-corrected chi connectivity index (χ1v) is 30.6. The highest BCUT2D eigenvalue weighted by Crippen LogP contribution is 2.09. The van der Waals surface area contributed by atoms with Crippen LogP contribution in [0.3, 0.4) is 0 Å². The van der Waals surface area contributed by atoms with Gasteiger partial charge in [-0.2, -0.15) is 0 Å². The standard InChI is InChI=1S/2C22H32N4O5.C21H30N4O5/c1-15(2)11-12-23-20(29)14-26-13-7-10-19(22(26)31)25-21(30)18(24-17(4)28)9-6-5-8-16(3)27;1-5-17(6-2)24-20(29)14-26-13-9-12-19(22(26)31)25-21(30)18(23-16(4)28)11-8-7-10-15(3)27;1-5-14(2)22-19(28)13-25-12-8-11-18(21(25)30)24-20(29)17(23-16(4)27)10-7-6-9-15(3)26/h5,7-8,10,13,15,18H,6,9,11-12,14H2,1-4H3,(H,23,29)(H,24,28)(H,25,30);7,9-10,12-13,17-18H,5-6,8,11,14H2,1-4H3,(H,23,28)(H,24,29)(H,25,30);6,8-9,11-12,14,17H,5,7,10,13H2,1-4H3,(H,22,28)(H,23,27)(H,24,29)/b8-5+;10-7+;9-6+/t2*18-;14?,17-/m000/s1. The third-order valence-corrected chi connectivity index (χ3v) is 13.2. The van der Waals surface area contributed by atoms with E-state index >= 15 is 0 Å². The van der Waals surface area contributed by atoms with Crippen molar-refractivity contribution in [1.29, 1.82) is 0 Å². The van der Waals surface area contributed by atoms with Crippen molar-refractivity contribution in [2.24, 2.45) is 5.92 Å². The van der Waals surface area contributed by atoms with Gasteiger partial charge in [-0.25, -0.2) is 0 Å². The van der Waals surface area contributed by atoms with Crippen LogP contribution in [0, 0.1) is 5.92 Å². The number of aromatic nitrogens is 3. The van der Waals surface area contributed by atoms with Crippen molar-refractivity contribution in [3.05, 3.63) is 123 Å². The molecule has 3 aromatic rings. The normalized spacial score (nSPS) is 12.2. The first-order chi connectivity index (χ1) is 43.4. The summed E-state index contributed by atoms with van der Waals surface area (Å²) in [5, 5.41) is 23.6. The Labute approximate surface area is 536 Å². The van der Waals surface area contributed by atoms with Crippen molar-refractivity contribution in [1.82, 2.24) is 45.6 Å². The van der Waals surface area contributed by atoms with Crippen LogP contribution in [0.1, 0.15) is 147 Å². The van der Waals surface area contributed by atoms with Crippen LogP contribution in [-0.4, -0.2) is 121 Å². The van der Waals surface area contributed by atoms with Crippen LogP contribution >= 0.6 is 0 Å². The maximum atomic E-state index is 12.7. The van der Waals surface area contributed by atoms with Gasteiger partial charge in [-0.15, -0.1) is 0 Å². The van der Waals surface area contributed by atoms with Crippen molar-refractivity contribution < 1.29 is 57.5 Å². The Hall–Kier alpha value is -9.69. The summed E-state index contributed by atoms with van der Waals surface area (Å²) in [7, 11) is 0. The summed E-state index contributed by atoms with van der Waals surface area (Å²) >= 11 is 0. The average Bonchev–Trinajstić information content (AvgIpc) is 1.10. The highest BCUT2D eigenvalue weighted by Gasteiger charge is 2.24. The van der Waals surface area contributed by atoms with Gasteiger partial charge in [0, 0.05) is 58.0 Å². The van der Waals surface area contributed by atoms with E-state index in [2.05, 4.69) is 61.7 Å². The van der Waals surface area contributed by atoms with Gasteiger partial charge >= 0.3 is 0 Å². The third-order valence-electron chi connectivity index (χ3n) is 13.2. The lowest BCUT2D eigenvalue weighted by molar-refractivity contribution is -0.125. The summed E-state index contributed by atoms with van der Waals surface area (Å²) in [6.45, 7) is 20.0. The molecule has 9 amide bonds. The first kappa shape index (κ1) is 80.3. The molecule has 0 saturated heterocycles. The largest absolute Gasteiger partial charge is 0.355 e. The summed E-state index contributed by atoms with van der Waals surface area (Å²) in [6, 6.07) is 6.39. The second-order valence-corrected chi connectivity index (χ2v) is 22.1. The minimum atomic E-state index is -0.875. The number of nitrogens with zero attached hydrogens (tertiary/aromatic N) is 3. The van der Waals surface area contributed by atoms with Gasteiger partial charge in [0.2, 0.25) is 53.2 Å². The van der Waals surface area contributed by atoms with Gasteiger partial charge in [-0.3, -0.25) is 71.9 Å². The van der Waals surface area contributed by atoms with Crippen LogP contribution in [0.5, 0.6) is 0 Å². The maximum absolute atomic E-state index is 12.7. The molecule has 3 heterocycles. The fourth-order valence-corrected chi connectivity index (χ4v) is 8.22. The molecule has 0 radical (unpaired) electrons. The predicted molar refractivity (Wildman–Crippen MR) is 351 cm³/mol. The van der Waals surface area contributed by atoms with E-state index in [4.69, 9.17) is 0 Å². The van der Waals surface area contributed by atoms with Crippen LogP contribution in [0.2, 0.25) is 0 Å². The van der Waals surface area contributed by atoms with Crippen LogP contribution in [-0.2, 0) is 77.2 Å². The molecule has 0 fully saturated rings. The van der Waals surface area contributed by atoms with Gasteiger partial charge < -0.3 is 61.6 Å². The van der Waals surface area contributed by atoms with Crippen molar-refractivity contribution in [3.8, 4) is 0 Å². The molecule has 9 N–H and O–H groups in total. The Morgan fingerprint density at radius 3 is 1.02 bits per heavy atom. The topological polar surface area (TPSA) is 379 Å². The zero-order valence-electron chi connectivity index (χ0n) is 55.0. The molecule has 0 aromatic carbocycles. The average molecular weight is 1280 g/mol. The Bertz CT molecular complexity index is 3280. The molecule has 1 unspecified atom stereocenters. The number of rotatable bonds is 35. The van der Waals surface area contributed by atoms with E-state index < -0.39 is 58.4 Å². The van der Waals surface area contributed by atoms with E-state index in [0.29, 0.717) is 31.7 Å². The minimum absolute atomic E-state index is 0.00782. The van der Waals surface area contributed by atoms with E-state index in [1.165, 1.54) is 110 Å². The molecule has 27 heteroatoms. The molecule has 92 heavy (non-hydrogen) atoms. The molecular formula is C65H94N12O15. The molecule has 0 aliphatic carbocycles. The molecule has 504 valence electrons. The SMILES string of the molecule is CC(=O)/C=C/CC[C@H](NC(C)=O)C(=O)Nc1cccn(CC(=O)NCCC(C)C)c1=O.CCC(C)NC(=O)Cn1cccc(NC(=O)[C@H](CC/C=C/C(C)=O)NC(C)=O)c1=O.CCC(CC)NC(=O)Cn1cccc(NC(=O)[C@H](CC/C=C/C(C)=O)NC(C)=O)c1=O. The number of allylic oxidation sites excluding steroid dienone is 6. The molecule has 4 atom stereocenters. The lowest BCUT2D eigenvalue weighted by Crippen LogP contribution is -2.44. The van der Waals surface area contributed by atoms with Crippen LogP contribution in [0.15, 0.2) is 106 Å². The van der Waals surface area contributed by atoms with Crippen molar-refractivity contribution in [2.45, 2.75) is 197 Å². The van der Waals surface area contributed by atoms with Gasteiger partial charge in [0.05, 0.1) is 0 Å². The number of ketones is 3. The van der Waals surface area contributed by atoms with Gasteiger partial charge in [-0.05, 0) is 152 Å². The fourth-order valence-electron chi connectivity index (χ4n) is 8.22. The predicted octanol–water partition coefficient (Wildman–Crippen LogP) is 4.03. The number of carbonyl (C=O) groups excluding carboxylic acids is 12. The molecular weight excluding hydrogens is 1190 g/mol. The first-order valence-electron chi connectivity index (χ1n) is 30.6. The summed E-state index contributed by atoms with van der Waals surface area (Å²) in [5.74, 6) is -3.59. The highest BCUT2D eigenvalue weighted by molar-refractivity contribution is 5.98. The summed E-state index contributed by atoms with van der Waals surface area (Å²) in [4.78, 5) is 179. The van der Waals surface area contributed by atoms with E-state index in [-0.39, 0.29) is 115 Å². The quantitative estimate of drug-likeness (QED) is 0.0376. The summed E-state index contributed by atoms with van der Waals surface area (Å²) in [5.41, 5.74) is -1.53. The Kier molecular flexibility index (Phi) is 38.3. The molecule has 0 spiro atoms. The highest BCUT2D eigenvalue weighted by atomic mass is 16.2. The number of pyridine rings is 3. The van der Waals surface area contributed by atoms with E-state index in [1.807, 2.05) is 27.7 Å². The molecule has 0 saturated carbocycles. The summed E-state index contributed by atoms with van der Waals surface area (Å²) in [6.07, 6.45) is 18.6. The number of nitrogens with one attached hydrogen (secondary N) is 9. The van der Waals surface area contributed by atoms with Gasteiger partial charge in [-0.1, -0.05) is 52.8 Å². The number of hydrogen-bond acceptors (Lipinski definition) is 15. The zero-order chi connectivity index (χ0) is 69.5. The van der Waals surface area contributed by atoms with Gasteiger partial charge in [0.15, 0.2) is 17.3 Å². The van der Waals surface area contributed by atoms with Crippen molar-refractivity contribution >= 4 is 87.6 Å². The minimum Gasteiger partial charge on any atom is -0.355 e. The molecule has 0 aliphatic heterocycles. The van der Waals surface area contributed by atoms with Crippen LogP contribution in [0.4, 0.5) is 17.1 Å². The molecule has 3 rings (SSSR count). The maximum Gasteiger partial charge on any atom is 0.274 e. The number of amides is 9. The Balaban J connectivity index is 0.000000690. The number of hydrogen-bond donors (Lipinski definition) is 9. The number of anilines is 3. The van der Waals surface area contributed by atoms with Crippen LogP contribution in [0.25, 0.3) is 0 Å². The molecule has 3 aromatic heterocycles. The molecule has 27 nitrogen and oxygen atoms in total. The lowest BCUT2D eigenvalue weighted by Gasteiger charge is -2.18. The van der Waals surface area contributed by atoms with Gasteiger partial charge in [0.1, 0.15) is 54.8 Å².